The lowest BCUT2D eigenvalue weighted by molar-refractivity contribution is -0.146. The van der Waals surface area contributed by atoms with E-state index >= 15 is 0 Å². The summed E-state index contributed by atoms with van der Waals surface area (Å²) in [6, 6.07) is 8.48. The van der Waals surface area contributed by atoms with Crippen LogP contribution in [-0.4, -0.2) is 92.4 Å². The Balaban J connectivity index is 1.59. The van der Waals surface area contributed by atoms with Crippen LogP contribution >= 0.6 is 11.8 Å². The maximum Gasteiger partial charge on any atom is 0.247 e. The van der Waals surface area contributed by atoms with Gasteiger partial charge in [0.15, 0.2) is 0 Å². The van der Waals surface area contributed by atoms with Crippen molar-refractivity contribution in [3.05, 3.63) is 60.2 Å². The fraction of sp³-hybridized carbons (Fsp3) is 0.567. The molecule has 1 unspecified atom stereocenters. The van der Waals surface area contributed by atoms with E-state index in [1.54, 1.807) is 16.7 Å². The lowest BCUT2D eigenvalue weighted by Crippen LogP contribution is -2.57. The van der Waals surface area contributed by atoms with Crippen molar-refractivity contribution in [3.8, 4) is 0 Å². The zero-order valence-corrected chi connectivity index (χ0v) is 23.2. The normalized spacial score (nSPS) is 31.2. The molecule has 3 amide bonds. The van der Waals surface area contributed by atoms with Crippen LogP contribution in [0.3, 0.4) is 0 Å². The predicted molar refractivity (Wildman–Crippen MR) is 149 cm³/mol. The molecule has 4 aliphatic rings. The molecule has 0 aromatic heterocycles. The van der Waals surface area contributed by atoms with E-state index in [2.05, 4.69) is 26.0 Å². The second kappa shape index (κ2) is 11.3. The first-order chi connectivity index (χ1) is 18.5. The molecule has 5 rings (SSSR count). The third-order valence-corrected chi connectivity index (χ3v) is 10.2. The van der Waals surface area contributed by atoms with E-state index in [9.17, 15) is 19.5 Å². The molecule has 1 aromatic rings. The van der Waals surface area contributed by atoms with E-state index < -0.39 is 28.7 Å². The van der Waals surface area contributed by atoms with Gasteiger partial charge in [-0.25, -0.2) is 0 Å². The first-order valence-electron chi connectivity index (χ1n) is 14.0. The molecule has 0 saturated carbocycles. The maximum absolute atomic E-state index is 14.5. The number of rotatable bonds is 9. The number of amides is 3. The summed E-state index contributed by atoms with van der Waals surface area (Å²) in [5, 5.41) is 10.4. The Kier molecular flexibility index (Phi) is 8.00. The van der Waals surface area contributed by atoms with Gasteiger partial charge in [-0.1, -0.05) is 74.9 Å². The zero-order valence-electron chi connectivity index (χ0n) is 22.4. The van der Waals surface area contributed by atoms with Crippen LogP contribution in [0.1, 0.15) is 38.7 Å². The lowest BCUT2D eigenvalue weighted by atomic mass is 9.78. The minimum absolute atomic E-state index is 0.00159. The number of hydrogen-bond donors (Lipinski definition) is 1. The van der Waals surface area contributed by atoms with E-state index in [4.69, 9.17) is 0 Å². The average molecular weight is 538 g/mol. The van der Waals surface area contributed by atoms with Crippen molar-refractivity contribution < 1.29 is 19.5 Å². The van der Waals surface area contributed by atoms with Crippen molar-refractivity contribution in [2.75, 3.05) is 32.8 Å². The minimum Gasteiger partial charge on any atom is -0.394 e. The molecule has 1 aromatic carbocycles. The molecule has 38 heavy (non-hydrogen) atoms. The third kappa shape index (κ3) is 4.49. The van der Waals surface area contributed by atoms with Gasteiger partial charge >= 0.3 is 0 Å². The number of aliphatic hydroxyl groups excluding tert-OH is 1. The van der Waals surface area contributed by atoms with Gasteiger partial charge in [0.25, 0.3) is 0 Å². The second-order valence-corrected chi connectivity index (χ2v) is 12.4. The molecule has 6 atom stereocenters. The van der Waals surface area contributed by atoms with Gasteiger partial charge in [0, 0.05) is 31.4 Å². The molecule has 4 heterocycles. The SMILES string of the molecule is CCCCN1CC=C[C@]23S[C@@H]4C=CCN(CCC)C(=O)[C@@H]4[C@H]2C(=O)N([C@@H](CO)Cc2ccccc2)C3C1=O. The molecule has 1 N–H and O–H groups in total. The smallest absolute Gasteiger partial charge is 0.247 e. The van der Waals surface area contributed by atoms with Gasteiger partial charge in [0.2, 0.25) is 17.7 Å². The van der Waals surface area contributed by atoms with Crippen molar-refractivity contribution in [2.24, 2.45) is 11.8 Å². The van der Waals surface area contributed by atoms with Crippen LogP contribution in [0, 0.1) is 11.8 Å². The number of unbranched alkanes of at least 4 members (excludes halogenated alkanes) is 1. The highest BCUT2D eigenvalue weighted by Crippen LogP contribution is 2.61. The van der Waals surface area contributed by atoms with Crippen LogP contribution in [0.4, 0.5) is 0 Å². The summed E-state index contributed by atoms with van der Waals surface area (Å²) < 4.78 is -0.843. The molecule has 0 radical (unpaired) electrons. The Hall–Kier alpha value is -2.58. The number of benzene rings is 1. The first-order valence-corrected chi connectivity index (χ1v) is 14.9. The van der Waals surface area contributed by atoms with Crippen LogP contribution in [0.25, 0.3) is 0 Å². The highest BCUT2D eigenvalue weighted by atomic mass is 32.2. The summed E-state index contributed by atoms with van der Waals surface area (Å²) in [6.45, 7) is 6.22. The molecule has 2 saturated heterocycles. The molecule has 0 bridgehead atoms. The van der Waals surface area contributed by atoms with Crippen LogP contribution in [-0.2, 0) is 20.8 Å². The highest BCUT2D eigenvalue weighted by Gasteiger charge is 2.71. The van der Waals surface area contributed by atoms with Gasteiger partial charge in [0.05, 0.1) is 29.2 Å². The van der Waals surface area contributed by atoms with E-state index in [1.165, 1.54) is 0 Å². The van der Waals surface area contributed by atoms with E-state index in [-0.39, 0.29) is 29.6 Å². The van der Waals surface area contributed by atoms with Crippen LogP contribution < -0.4 is 0 Å². The Labute approximate surface area is 229 Å². The molecular weight excluding hydrogens is 498 g/mol. The molecule has 204 valence electrons. The Morgan fingerprint density at radius 1 is 0.974 bits per heavy atom. The summed E-state index contributed by atoms with van der Waals surface area (Å²) in [7, 11) is 0. The number of aliphatic hydroxyl groups is 1. The monoisotopic (exact) mass is 537 g/mol. The van der Waals surface area contributed by atoms with Crippen LogP contribution in [0.5, 0.6) is 0 Å². The fourth-order valence-electron chi connectivity index (χ4n) is 6.73. The number of carbonyl (C=O) groups excluding carboxylic acids is 3. The number of fused-ring (bicyclic) bond motifs is 2. The van der Waals surface area contributed by atoms with Crippen molar-refractivity contribution in [3.63, 3.8) is 0 Å². The molecular formula is C30H39N3O4S. The number of thioether (sulfide) groups is 1. The minimum atomic E-state index is -0.843. The van der Waals surface area contributed by atoms with Crippen molar-refractivity contribution >= 4 is 29.5 Å². The lowest BCUT2D eigenvalue weighted by Gasteiger charge is -2.38. The molecule has 1 spiro atoms. The Morgan fingerprint density at radius 2 is 1.71 bits per heavy atom. The van der Waals surface area contributed by atoms with Gasteiger partial charge < -0.3 is 19.8 Å². The Morgan fingerprint density at radius 3 is 2.42 bits per heavy atom. The van der Waals surface area contributed by atoms with Gasteiger partial charge in [-0.3, -0.25) is 14.4 Å². The van der Waals surface area contributed by atoms with E-state index in [0.29, 0.717) is 32.6 Å². The number of likely N-dealkylation sites (tertiary alicyclic amines) is 1. The van der Waals surface area contributed by atoms with Gasteiger partial charge in [-0.15, -0.1) is 11.8 Å². The number of carbonyl (C=O) groups is 3. The summed E-state index contributed by atoms with van der Waals surface area (Å²) in [4.78, 5) is 48.1. The average Bonchev–Trinajstić information content (AvgIpc) is 3.25. The fourth-order valence-corrected chi connectivity index (χ4v) is 8.72. The summed E-state index contributed by atoms with van der Waals surface area (Å²) in [5.41, 5.74) is 0.998. The first kappa shape index (κ1) is 27.0. The van der Waals surface area contributed by atoms with E-state index in [1.807, 2.05) is 52.3 Å². The molecule has 4 aliphatic heterocycles. The topological polar surface area (TPSA) is 81.2 Å². The summed E-state index contributed by atoms with van der Waals surface area (Å²) >= 11 is 1.61. The molecule has 8 heteroatoms. The van der Waals surface area contributed by atoms with Gasteiger partial charge in [0.1, 0.15) is 6.04 Å². The third-order valence-electron chi connectivity index (χ3n) is 8.46. The van der Waals surface area contributed by atoms with Crippen molar-refractivity contribution in [1.29, 1.82) is 0 Å². The Bertz CT molecular complexity index is 1110. The molecule has 0 aliphatic carbocycles. The largest absolute Gasteiger partial charge is 0.394 e. The quantitative estimate of drug-likeness (QED) is 0.490. The number of nitrogens with zero attached hydrogens (tertiary/aromatic N) is 3. The summed E-state index contributed by atoms with van der Waals surface area (Å²) in [6.07, 6.45) is 11.4. The maximum atomic E-state index is 14.5. The predicted octanol–water partition coefficient (Wildman–Crippen LogP) is 2.89. The summed E-state index contributed by atoms with van der Waals surface area (Å²) in [5.74, 6) is -1.42. The second-order valence-electron chi connectivity index (χ2n) is 10.9. The zero-order chi connectivity index (χ0) is 26.9. The number of hydrogen-bond acceptors (Lipinski definition) is 5. The van der Waals surface area contributed by atoms with Crippen molar-refractivity contribution in [2.45, 2.75) is 61.6 Å². The van der Waals surface area contributed by atoms with E-state index in [0.717, 1.165) is 24.8 Å². The standard InChI is InChI=1S/C30H39N3O4S/c1-3-5-16-32-18-10-14-30-25(24-23(38-30)13-9-17-31(15-4-2)27(24)35)28(36)33(26(30)29(32)37)22(20-34)19-21-11-7-6-8-12-21/h6-14,22-26,34H,3-5,15-20H2,1-2H3/t22-,23-,24+,25+,26?,30+/m1/s1. The van der Waals surface area contributed by atoms with Gasteiger partial charge in [-0.2, -0.15) is 0 Å². The molecule has 2 fully saturated rings. The molecule has 7 nitrogen and oxygen atoms in total. The van der Waals surface area contributed by atoms with Crippen LogP contribution in [0.2, 0.25) is 0 Å². The van der Waals surface area contributed by atoms with Crippen molar-refractivity contribution in [1.82, 2.24) is 14.7 Å². The highest BCUT2D eigenvalue weighted by molar-refractivity contribution is 8.02. The van der Waals surface area contributed by atoms with Crippen LogP contribution in [0.15, 0.2) is 54.6 Å². The van der Waals surface area contributed by atoms with Gasteiger partial charge in [-0.05, 0) is 24.8 Å².